The van der Waals surface area contributed by atoms with Crippen molar-refractivity contribution in [2.24, 2.45) is 0 Å². The number of benzene rings is 8. The van der Waals surface area contributed by atoms with Gasteiger partial charge in [0.1, 0.15) is 11.2 Å². The molecule has 13 rings (SSSR count). The topological polar surface area (TPSA) is 61.7 Å². The number of pyridine rings is 1. The molecule has 0 saturated heterocycles. The van der Waals surface area contributed by atoms with Crippen molar-refractivity contribution >= 4 is 65.6 Å². The molecule has 0 N–H and O–H groups in total. The van der Waals surface area contributed by atoms with Gasteiger partial charge in [0.05, 0.1) is 33.5 Å². The Hall–Kier alpha value is -8.61. The molecule has 0 radical (unpaired) electrons. The van der Waals surface area contributed by atoms with Gasteiger partial charge in [-0.15, -0.1) is 0 Å². The highest BCUT2D eigenvalue weighted by Crippen LogP contribution is 2.40. The van der Waals surface area contributed by atoms with Gasteiger partial charge in [0.2, 0.25) is 0 Å². The van der Waals surface area contributed by atoms with E-state index in [0.29, 0.717) is 5.82 Å². The van der Waals surface area contributed by atoms with Crippen LogP contribution in [0.15, 0.2) is 217 Å². The van der Waals surface area contributed by atoms with Crippen molar-refractivity contribution in [2.75, 3.05) is 0 Å². The molecule has 5 heterocycles. The van der Waals surface area contributed by atoms with Gasteiger partial charge in [-0.25, -0.2) is 9.97 Å². The number of hydrogen-bond acceptors (Lipinski definition) is 4. The Labute approximate surface area is 361 Å². The van der Waals surface area contributed by atoms with Crippen LogP contribution in [0.2, 0.25) is 0 Å². The molecular formula is C57H35N5O. The van der Waals surface area contributed by atoms with Gasteiger partial charge < -0.3 is 13.6 Å². The van der Waals surface area contributed by atoms with E-state index in [1.54, 1.807) is 6.20 Å². The summed E-state index contributed by atoms with van der Waals surface area (Å²) in [6.45, 7) is 0. The lowest BCUT2D eigenvalue weighted by Crippen LogP contribution is -1.97. The Bertz CT molecular complexity index is 3860. The van der Waals surface area contributed by atoms with Crippen LogP contribution in [-0.2, 0) is 0 Å². The molecule has 13 aromatic rings. The van der Waals surface area contributed by atoms with Crippen LogP contribution in [0.5, 0.6) is 0 Å². The van der Waals surface area contributed by atoms with Gasteiger partial charge in [-0.2, -0.15) is 0 Å². The van der Waals surface area contributed by atoms with Crippen molar-refractivity contribution in [1.29, 1.82) is 0 Å². The lowest BCUT2D eigenvalue weighted by Gasteiger charge is -2.12. The minimum Gasteiger partial charge on any atom is -0.456 e. The average Bonchev–Trinajstić information content (AvgIpc) is 4.01. The Morgan fingerprint density at radius 1 is 0.333 bits per heavy atom. The Balaban J connectivity index is 0.931. The third-order valence-corrected chi connectivity index (χ3v) is 12.4. The highest BCUT2D eigenvalue weighted by Gasteiger charge is 2.18. The lowest BCUT2D eigenvalue weighted by molar-refractivity contribution is 0.668. The summed E-state index contributed by atoms with van der Waals surface area (Å²) in [4.78, 5) is 14.6. The van der Waals surface area contributed by atoms with E-state index in [1.807, 2.05) is 36.5 Å². The molecule has 6 heteroatoms. The molecule has 8 aromatic carbocycles. The number of furan rings is 1. The third-order valence-electron chi connectivity index (χ3n) is 12.4. The minimum atomic E-state index is 0.701. The Morgan fingerprint density at radius 2 is 0.889 bits per heavy atom. The van der Waals surface area contributed by atoms with Crippen molar-refractivity contribution in [3.8, 4) is 56.4 Å². The van der Waals surface area contributed by atoms with E-state index in [4.69, 9.17) is 14.4 Å². The molecule has 0 fully saturated rings. The second-order valence-corrected chi connectivity index (χ2v) is 16.1. The SMILES string of the molecule is c1ccc(-c2cc(-c3cccc(-n4c5ccccc5c5cc(-c6ccc7c(c6)c6ccccc6n7-c6ccc7oc8ccncc8c7c6)ccc54)c3)nc(-c3ccccc3)n2)cc1. The number of nitrogens with zero attached hydrogens (tertiary/aromatic N) is 5. The second-order valence-electron chi connectivity index (χ2n) is 16.1. The highest BCUT2D eigenvalue weighted by atomic mass is 16.3. The van der Waals surface area contributed by atoms with Gasteiger partial charge in [-0.05, 0) is 90.0 Å². The second kappa shape index (κ2) is 14.0. The van der Waals surface area contributed by atoms with Crippen LogP contribution in [0.3, 0.4) is 0 Å². The first-order chi connectivity index (χ1) is 31.2. The molecule has 294 valence electrons. The van der Waals surface area contributed by atoms with Gasteiger partial charge in [-0.3, -0.25) is 4.98 Å². The molecule has 0 aliphatic rings. The normalized spacial score (nSPS) is 11.8. The van der Waals surface area contributed by atoms with E-state index in [2.05, 4.69) is 184 Å². The summed E-state index contributed by atoms with van der Waals surface area (Å²) in [6.07, 6.45) is 3.66. The van der Waals surface area contributed by atoms with Crippen LogP contribution >= 0.6 is 0 Å². The van der Waals surface area contributed by atoms with Gasteiger partial charge in [0.25, 0.3) is 0 Å². The molecule has 5 aromatic heterocycles. The monoisotopic (exact) mass is 805 g/mol. The van der Waals surface area contributed by atoms with Crippen LogP contribution in [0.1, 0.15) is 0 Å². The van der Waals surface area contributed by atoms with E-state index in [-0.39, 0.29) is 0 Å². The van der Waals surface area contributed by atoms with Crippen molar-refractivity contribution in [3.63, 3.8) is 0 Å². The number of aromatic nitrogens is 5. The van der Waals surface area contributed by atoms with Crippen LogP contribution in [0, 0.1) is 0 Å². The Morgan fingerprint density at radius 3 is 1.57 bits per heavy atom. The lowest BCUT2D eigenvalue weighted by atomic mass is 10.0. The molecule has 63 heavy (non-hydrogen) atoms. The zero-order valence-corrected chi connectivity index (χ0v) is 33.9. The molecule has 0 bridgehead atoms. The standard InChI is InChI=1S/C57H35N5O/c1-3-12-36(13-4-1)49-34-50(60-57(59-49)37-14-5-2-6-15-37)40-16-11-17-41(30-40)61-51-20-9-7-18-43(51)45-31-38(22-25-53(45)61)39-23-26-54-46(32-39)44-19-8-10-21-52(44)62(54)42-24-27-55-47(33-42)48-35-58-29-28-56(48)63-55/h1-35H. The number of hydrogen-bond donors (Lipinski definition) is 0. The van der Waals surface area contributed by atoms with E-state index in [9.17, 15) is 0 Å². The van der Waals surface area contributed by atoms with Crippen molar-refractivity contribution in [1.82, 2.24) is 24.1 Å². The quantitative estimate of drug-likeness (QED) is 0.168. The van der Waals surface area contributed by atoms with Crippen molar-refractivity contribution in [2.45, 2.75) is 0 Å². The molecule has 6 nitrogen and oxygen atoms in total. The van der Waals surface area contributed by atoms with Crippen LogP contribution in [0.4, 0.5) is 0 Å². The summed E-state index contributed by atoms with van der Waals surface area (Å²) < 4.78 is 10.9. The number of para-hydroxylation sites is 2. The molecule has 0 amide bonds. The minimum absolute atomic E-state index is 0.701. The summed E-state index contributed by atoms with van der Waals surface area (Å²) in [5, 5.41) is 6.89. The molecule has 0 spiro atoms. The van der Waals surface area contributed by atoms with Gasteiger partial charge in [-0.1, -0.05) is 121 Å². The molecule has 0 unspecified atom stereocenters. The summed E-state index contributed by atoms with van der Waals surface area (Å²) in [7, 11) is 0. The zero-order valence-electron chi connectivity index (χ0n) is 33.9. The van der Waals surface area contributed by atoms with Crippen LogP contribution in [0.25, 0.3) is 122 Å². The summed E-state index contributed by atoms with van der Waals surface area (Å²) >= 11 is 0. The maximum Gasteiger partial charge on any atom is 0.160 e. The maximum absolute atomic E-state index is 6.15. The fraction of sp³-hybridized carbons (Fsp3) is 0. The smallest absolute Gasteiger partial charge is 0.160 e. The predicted molar refractivity (Wildman–Crippen MR) is 258 cm³/mol. The summed E-state index contributed by atoms with van der Waals surface area (Å²) in [5.74, 6) is 0.701. The molecular weight excluding hydrogens is 771 g/mol. The molecule has 0 atom stereocenters. The first kappa shape index (κ1) is 35.2. The van der Waals surface area contributed by atoms with Gasteiger partial charge in [0.15, 0.2) is 5.82 Å². The zero-order chi connectivity index (χ0) is 41.4. The molecule has 0 aliphatic carbocycles. The highest BCUT2D eigenvalue weighted by molar-refractivity contribution is 6.13. The fourth-order valence-corrected chi connectivity index (χ4v) is 9.48. The Kier molecular flexibility index (Phi) is 7.80. The van der Waals surface area contributed by atoms with Crippen LogP contribution < -0.4 is 0 Å². The van der Waals surface area contributed by atoms with E-state index < -0.39 is 0 Å². The first-order valence-electron chi connectivity index (χ1n) is 21.2. The molecule has 0 aliphatic heterocycles. The summed E-state index contributed by atoms with van der Waals surface area (Å²) in [5.41, 5.74) is 15.6. The predicted octanol–water partition coefficient (Wildman–Crippen LogP) is 14.6. The maximum atomic E-state index is 6.15. The fourth-order valence-electron chi connectivity index (χ4n) is 9.48. The van der Waals surface area contributed by atoms with Crippen LogP contribution in [-0.4, -0.2) is 24.1 Å². The summed E-state index contributed by atoms with van der Waals surface area (Å²) in [6, 6.07) is 70.9. The average molecular weight is 806 g/mol. The van der Waals surface area contributed by atoms with E-state index in [1.165, 1.54) is 32.7 Å². The number of fused-ring (bicyclic) bond motifs is 9. The first-order valence-corrected chi connectivity index (χ1v) is 21.2. The van der Waals surface area contributed by atoms with Gasteiger partial charge >= 0.3 is 0 Å². The third kappa shape index (κ3) is 5.69. The van der Waals surface area contributed by atoms with Gasteiger partial charge in [0, 0.05) is 72.8 Å². The van der Waals surface area contributed by atoms with Crippen molar-refractivity contribution < 1.29 is 4.42 Å². The van der Waals surface area contributed by atoms with E-state index >= 15 is 0 Å². The molecule has 0 saturated carbocycles. The number of rotatable bonds is 6. The van der Waals surface area contributed by atoms with Crippen molar-refractivity contribution in [3.05, 3.63) is 213 Å². The van der Waals surface area contributed by atoms with E-state index in [0.717, 1.165) is 83.5 Å². The largest absolute Gasteiger partial charge is 0.456 e.